The quantitative estimate of drug-likeness (QED) is 0.239. The van der Waals surface area contributed by atoms with Crippen molar-refractivity contribution >= 4 is 52.9 Å². The molecule has 1 saturated heterocycles. The van der Waals surface area contributed by atoms with Crippen molar-refractivity contribution in [3.05, 3.63) is 40.7 Å². The molecule has 3 aromatic rings. The van der Waals surface area contributed by atoms with Crippen molar-refractivity contribution in [1.29, 1.82) is 0 Å². The summed E-state index contributed by atoms with van der Waals surface area (Å²) in [6.45, 7) is 0. The van der Waals surface area contributed by atoms with E-state index in [4.69, 9.17) is 16.3 Å². The molecule has 1 aromatic carbocycles. The Hall–Kier alpha value is -4.39. The molecule has 3 heterocycles. The lowest BCUT2D eigenvalue weighted by Gasteiger charge is -2.11. The summed E-state index contributed by atoms with van der Waals surface area (Å²) >= 11 is 6.35. The van der Waals surface area contributed by atoms with Crippen LogP contribution in [-0.4, -0.2) is 49.6 Å². The van der Waals surface area contributed by atoms with Crippen molar-refractivity contribution in [2.45, 2.75) is 37.8 Å². The Labute approximate surface area is 208 Å². The molecule has 6 rings (SSSR count). The van der Waals surface area contributed by atoms with Gasteiger partial charge in [0.05, 0.1) is 16.9 Å². The fourth-order valence-corrected chi connectivity index (χ4v) is 3.72. The number of benzene rings is 1. The molecule has 5 N–H and O–H groups in total. The van der Waals surface area contributed by atoms with Gasteiger partial charge < -0.3 is 26.0 Å². The van der Waals surface area contributed by atoms with Crippen LogP contribution in [0, 0.1) is 0 Å². The number of aromatic nitrogens is 4. The van der Waals surface area contributed by atoms with E-state index < -0.39 is 11.9 Å². The molecule has 36 heavy (non-hydrogen) atoms. The number of carbonyl (C=O) groups excluding carboxylic acids is 3. The Morgan fingerprint density at radius 3 is 2.64 bits per heavy atom. The largest absolute Gasteiger partial charge is 0.424 e. The maximum Gasteiger partial charge on any atom is 0.327 e. The Kier molecular flexibility index (Phi) is 5.33. The standard InChI is InChI=1S/C22H20ClN9O4/c23-14-8-13(5-6-15(14)27-20(34)26-12-3-4-12)36-22-29-17-10(7-16-18(33)30-21(35)28-16)9-24-32(17)19(31-22)25-11-1-2-11/h5-9,11-12H,1-4H2,(H,25,29,31)(H2,26,27,34)(H2,28,30,33,35)/b16-7-. The van der Waals surface area contributed by atoms with Crippen molar-refractivity contribution in [2.75, 3.05) is 10.6 Å². The van der Waals surface area contributed by atoms with E-state index in [2.05, 4.69) is 41.7 Å². The fraction of sp³-hybridized carbons (Fsp3) is 0.273. The van der Waals surface area contributed by atoms with Gasteiger partial charge in [-0.3, -0.25) is 10.1 Å². The van der Waals surface area contributed by atoms with Gasteiger partial charge in [-0.1, -0.05) is 11.6 Å². The van der Waals surface area contributed by atoms with E-state index in [1.807, 2.05) is 0 Å². The lowest BCUT2D eigenvalue weighted by molar-refractivity contribution is -0.115. The lowest BCUT2D eigenvalue weighted by Crippen LogP contribution is -2.30. The van der Waals surface area contributed by atoms with Crippen LogP contribution in [0.4, 0.5) is 21.2 Å². The van der Waals surface area contributed by atoms with E-state index in [1.54, 1.807) is 18.2 Å². The number of hydrogen-bond donors (Lipinski definition) is 5. The SMILES string of the molecule is O=C1NC(=O)/C(=C/c2cnn3c(NC4CC4)nc(Oc4ccc(NC(=O)NC5CC5)c(Cl)c4)nc23)N1. The molecular weight excluding hydrogens is 490 g/mol. The predicted octanol–water partition coefficient (Wildman–Crippen LogP) is 2.61. The monoisotopic (exact) mass is 509 g/mol. The van der Waals surface area contributed by atoms with Crippen molar-refractivity contribution < 1.29 is 19.1 Å². The van der Waals surface area contributed by atoms with Gasteiger partial charge in [-0.15, -0.1) is 0 Å². The number of nitrogens with zero attached hydrogens (tertiary/aromatic N) is 4. The number of rotatable bonds is 7. The topological polar surface area (TPSA) is 164 Å². The van der Waals surface area contributed by atoms with E-state index in [-0.39, 0.29) is 34.8 Å². The molecular formula is C22H20ClN9O4. The van der Waals surface area contributed by atoms with E-state index >= 15 is 0 Å². The maximum absolute atomic E-state index is 12.0. The number of carbonyl (C=O) groups is 3. The molecule has 3 fully saturated rings. The molecule has 2 aliphatic carbocycles. The summed E-state index contributed by atoms with van der Waals surface area (Å²) in [5.41, 5.74) is 1.36. The second kappa shape index (κ2) is 8.68. The van der Waals surface area contributed by atoms with Gasteiger partial charge in [0.2, 0.25) is 5.95 Å². The Bertz CT molecular complexity index is 1440. The van der Waals surface area contributed by atoms with E-state index in [0.29, 0.717) is 28.6 Å². The second-order valence-corrected chi connectivity index (χ2v) is 9.07. The van der Waals surface area contributed by atoms with Gasteiger partial charge in [-0.25, -0.2) is 9.59 Å². The number of fused-ring (bicyclic) bond motifs is 1. The third kappa shape index (κ3) is 4.73. The Morgan fingerprint density at radius 1 is 1.14 bits per heavy atom. The minimum Gasteiger partial charge on any atom is -0.424 e. The van der Waals surface area contributed by atoms with Gasteiger partial charge in [-0.2, -0.15) is 19.6 Å². The van der Waals surface area contributed by atoms with Crippen molar-refractivity contribution in [1.82, 2.24) is 35.5 Å². The number of anilines is 2. The third-order valence-corrected chi connectivity index (χ3v) is 5.93. The summed E-state index contributed by atoms with van der Waals surface area (Å²) in [6.07, 6.45) is 6.96. The van der Waals surface area contributed by atoms with Gasteiger partial charge in [-0.05, 0) is 43.9 Å². The molecule has 2 aromatic heterocycles. The average Bonchev–Trinajstić information content (AvgIpc) is 3.75. The maximum atomic E-state index is 12.0. The predicted molar refractivity (Wildman–Crippen MR) is 129 cm³/mol. The second-order valence-electron chi connectivity index (χ2n) is 8.67. The molecule has 2 saturated carbocycles. The molecule has 1 aliphatic heterocycles. The summed E-state index contributed by atoms with van der Waals surface area (Å²) in [6, 6.07) is 4.41. The van der Waals surface area contributed by atoms with Crippen molar-refractivity contribution in [3.8, 4) is 11.8 Å². The average molecular weight is 510 g/mol. The number of halogens is 1. The molecule has 0 bridgehead atoms. The number of ether oxygens (including phenoxy) is 1. The number of imide groups is 1. The number of hydrogen-bond acceptors (Lipinski definition) is 8. The molecule has 5 amide bonds. The zero-order chi connectivity index (χ0) is 24.8. The summed E-state index contributed by atoms with van der Waals surface area (Å²) in [5.74, 6) is 0.232. The molecule has 0 radical (unpaired) electrons. The normalized spacial score (nSPS) is 18.2. The van der Waals surface area contributed by atoms with Crippen LogP contribution in [0.2, 0.25) is 5.02 Å². The molecule has 0 spiro atoms. The highest BCUT2D eigenvalue weighted by Gasteiger charge is 2.26. The number of urea groups is 2. The zero-order valence-corrected chi connectivity index (χ0v) is 19.4. The molecule has 13 nitrogen and oxygen atoms in total. The van der Waals surface area contributed by atoms with Crippen molar-refractivity contribution in [3.63, 3.8) is 0 Å². The fourth-order valence-electron chi connectivity index (χ4n) is 3.50. The minimum absolute atomic E-state index is 0.0222. The van der Waals surface area contributed by atoms with E-state index in [9.17, 15) is 14.4 Å². The van der Waals surface area contributed by atoms with Crippen molar-refractivity contribution in [2.24, 2.45) is 0 Å². The minimum atomic E-state index is -0.600. The smallest absolute Gasteiger partial charge is 0.327 e. The van der Waals surface area contributed by atoms with Crippen LogP contribution in [0.3, 0.4) is 0 Å². The highest BCUT2D eigenvalue weighted by atomic mass is 35.5. The Morgan fingerprint density at radius 2 is 1.94 bits per heavy atom. The van der Waals surface area contributed by atoms with E-state index in [0.717, 1.165) is 25.7 Å². The highest BCUT2D eigenvalue weighted by molar-refractivity contribution is 6.33. The van der Waals surface area contributed by atoms with Gasteiger partial charge in [0, 0.05) is 23.7 Å². The molecule has 14 heteroatoms. The van der Waals surface area contributed by atoms with Gasteiger partial charge in [0.15, 0.2) is 5.65 Å². The van der Waals surface area contributed by atoms with Crippen LogP contribution in [0.5, 0.6) is 11.8 Å². The lowest BCUT2D eigenvalue weighted by atomic mass is 10.2. The zero-order valence-electron chi connectivity index (χ0n) is 18.7. The molecule has 0 atom stereocenters. The van der Waals surface area contributed by atoms with Gasteiger partial charge in [0.25, 0.3) is 5.91 Å². The third-order valence-electron chi connectivity index (χ3n) is 5.62. The van der Waals surface area contributed by atoms with Crippen LogP contribution in [0.1, 0.15) is 31.2 Å². The van der Waals surface area contributed by atoms with Crippen LogP contribution in [-0.2, 0) is 4.79 Å². The summed E-state index contributed by atoms with van der Waals surface area (Å²) in [4.78, 5) is 44.3. The first-order chi connectivity index (χ1) is 17.4. The summed E-state index contributed by atoms with van der Waals surface area (Å²) in [7, 11) is 0. The first kappa shape index (κ1) is 22.1. The van der Waals surface area contributed by atoms with Crippen LogP contribution in [0.25, 0.3) is 11.7 Å². The van der Waals surface area contributed by atoms with Crippen LogP contribution >= 0.6 is 11.6 Å². The molecule has 3 aliphatic rings. The Balaban J connectivity index is 1.28. The molecule has 184 valence electrons. The summed E-state index contributed by atoms with van der Waals surface area (Å²) in [5, 5.41) is 18.1. The van der Waals surface area contributed by atoms with Gasteiger partial charge in [0.1, 0.15) is 11.4 Å². The molecule has 0 unspecified atom stereocenters. The summed E-state index contributed by atoms with van der Waals surface area (Å²) < 4.78 is 7.40. The van der Waals surface area contributed by atoms with Gasteiger partial charge >= 0.3 is 18.1 Å². The number of nitrogens with one attached hydrogen (secondary N) is 5. The highest BCUT2D eigenvalue weighted by Crippen LogP contribution is 2.31. The van der Waals surface area contributed by atoms with E-state index in [1.165, 1.54) is 16.8 Å². The first-order valence-corrected chi connectivity index (χ1v) is 11.7. The number of amides is 5. The van der Waals surface area contributed by atoms with Crippen LogP contribution in [0.15, 0.2) is 30.1 Å². The van der Waals surface area contributed by atoms with Crippen LogP contribution < -0.4 is 31.3 Å². The first-order valence-electron chi connectivity index (χ1n) is 11.3.